The van der Waals surface area contributed by atoms with Crippen molar-refractivity contribution in [2.45, 2.75) is 38.4 Å². The maximum absolute atomic E-state index is 11.2. The van der Waals surface area contributed by atoms with Gasteiger partial charge in [0.05, 0.1) is 6.54 Å². The molecule has 1 saturated heterocycles. The molecule has 0 aliphatic carbocycles. The van der Waals surface area contributed by atoms with Crippen molar-refractivity contribution < 1.29 is 4.79 Å². The Hall–Kier alpha value is -2.37. The molecule has 5 heteroatoms. The summed E-state index contributed by atoms with van der Waals surface area (Å²) in [5.41, 5.74) is 10.7. The fourth-order valence-corrected chi connectivity index (χ4v) is 4.37. The van der Waals surface area contributed by atoms with E-state index in [9.17, 15) is 4.79 Å². The lowest BCUT2D eigenvalue weighted by Gasteiger charge is -2.33. The predicted molar refractivity (Wildman–Crippen MR) is 113 cm³/mol. The Kier molecular flexibility index (Phi) is 5.93. The molecule has 28 heavy (non-hydrogen) atoms. The minimum atomic E-state index is -0.250. The highest BCUT2D eigenvalue weighted by Gasteiger charge is 2.21. The Labute approximate surface area is 167 Å². The molecule has 1 fully saturated rings. The molecule has 3 N–H and O–H groups in total. The van der Waals surface area contributed by atoms with E-state index < -0.39 is 0 Å². The molecule has 0 radical (unpaired) electrons. The Morgan fingerprint density at radius 2 is 1.79 bits per heavy atom. The number of likely N-dealkylation sites (tertiary alicyclic amines) is 1. The summed E-state index contributed by atoms with van der Waals surface area (Å²) in [6.45, 7) is 5.36. The van der Waals surface area contributed by atoms with Gasteiger partial charge in [0, 0.05) is 44.5 Å². The number of carbonyl (C=O) groups is 1. The van der Waals surface area contributed by atoms with Gasteiger partial charge in [0.2, 0.25) is 5.91 Å². The number of hydrogen-bond acceptors (Lipinski definition) is 4. The monoisotopic (exact) mass is 378 g/mol. The van der Waals surface area contributed by atoms with Crippen LogP contribution in [0.1, 0.15) is 29.5 Å². The van der Waals surface area contributed by atoms with Crippen LogP contribution in [0.4, 0.5) is 5.69 Å². The van der Waals surface area contributed by atoms with E-state index in [0.29, 0.717) is 12.6 Å². The van der Waals surface area contributed by atoms with Crippen molar-refractivity contribution in [3.05, 3.63) is 65.2 Å². The number of anilines is 1. The normalized spacial score (nSPS) is 18.6. The lowest BCUT2D eigenvalue weighted by Crippen LogP contribution is -2.39. The molecule has 148 valence electrons. The Morgan fingerprint density at radius 1 is 1.00 bits per heavy atom. The van der Waals surface area contributed by atoms with Gasteiger partial charge in [-0.25, -0.2) is 0 Å². The van der Waals surface area contributed by atoms with Crippen molar-refractivity contribution in [3.8, 4) is 0 Å². The van der Waals surface area contributed by atoms with Crippen LogP contribution in [0.3, 0.4) is 0 Å². The largest absolute Gasteiger partial charge is 0.382 e. The number of amides is 1. The number of hydrogen-bond donors (Lipinski definition) is 2. The van der Waals surface area contributed by atoms with Gasteiger partial charge < -0.3 is 11.1 Å². The molecule has 2 aromatic carbocycles. The zero-order valence-electron chi connectivity index (χ0n) is 16.4. The van der Waals surface area contributed by atoms with Crippen LogP contribution in [0.25, 0.3) is 0 Å². The number of rotatable bonds is 6. The SMILES string of the molecule is NC(=O)CN1CCc2ccc(NC3CCN(Cc4ccccc4)CC3)cc2C1. The van der Waals surface area contributed by atoms with Gasteiger partial charge in [0.1, 0.15) is 0 Å². The van der Waals surface area contributed by atoms with Crippen LogP contribution < -0.4 is 11.1 Å². The fourth-order valence-electron chi connectivity index (χ4n) is 4.37. The summed E-state index contributed by atoms with van der Waals surface area (Å²) < 4.78 is 0. The molecule has 2 heterocycles. The molecule has 0 unspecified atom stereocenters. The summed E-state index contributed by atoms with van der Waals surface area (Å²) in [7, 11) is 0. The molecular formula is C23H30N4O. The number of benzene rings is 2. The number of nitrogens with zero attached hydrogens (tertiary/aromatic N) is 2. The van der Waals surface area contributed by atoms with Crippen LogP contribution in [0, 0.1) is 0 Å². The standard InChI is InChI=1S/C23H30N4O/c24-23(28)17-27-11-8-19-6-7-22(14-20(19)16-27)25-21-9-12-26(13-10-21)15-18-4-2-1-3-5-18/h1-7,14,21,25H,8-13,15-17H2,(H2,24,28). The highest BCUT2D eigenvalue weighted by Crippen LogP contribution is 2.24. The first-order valence-corrected chi connectivity index (χ1v) is 10.3. The van der Waals surface area contributed by atoms with E-state index in [1.165, 1.54) is 22.4 Å². The summed E-state index contributed by atoms with van der Waals surface area (Å²) in [6.07, 6.45) is 3.32. The lowest BCUT2D eigenvalue weighted by atomic mass is 9.98. The number of nitrogens with one attached hydrogen (secondary N) is 1. The fraction of sp³-hybridized carbons (Fsp3) is 0.435. The average Bonchev–Trinajstić information content (AvgIpc) is 2.70. The van der Waals surface area contributed by atoms with E-state index in [1.807, 2.05) is 0 Å². The van der Waals surface area contributed by atoms with Crippen LogP contribution >= 0.6 is 0 Å². The molecule has 1 amide bonds. The molecule has 2 aliphatic rings. The van der Waals surface area contributed by atoms with Crippen molar-refractivity contribution in [2.75, 3.05) is 31.5 Å². The highest BCUT2D eigenvalue weighted by molar-refractivity contribution is 5.76. The van der Waals surface area contributed by atoms with Crippen LogP contribution in [0.15, 0.2) is 48.5 Å². The third-order valence-electron chi connectivity index (χ3n) is 5.88. The molecule has 0 saturated carbocycles. The maximum atomic E-state index is 11.2. The first-order chi connectivity index (χ1) is 13.7. The smallest absolute Gasteiger partial charge is 0.231 e. The van der Waals surface area contributed by atoms with Crippen molar-refractivity contribution in [1.82, 2.24) is 9.80 Å². The van der Waals surface area contributed by atoms with Crippen LogP contribution in [-0.2, 0) is 24.3 Å². The number of fused-ring (bicyclic) bond motifs is 1. The van der Waals surface area contributed by atoms with E-state index >= 15 is 0 Å². The second kappa shape index (κ2) is 8.76. The molecule has 0 bridgehead atoms. The Bertz CT molecular complexity index is 800. The van der Waals surface area contributed by atoms with E-state index in [-0.39, 0.29) is 5.91 Å². The number of primary amides is 1. The van der Waals surface area contributed by atoms with Gasteiger partial charge in [-0.3, -0.25) is 14.6 Å². The number of carbonyl (C=O) groups excluding carboxylic acids is 1. The van der Waals surface area contributed by atoms with Crippen molar-refractivity contribution in [3.63, 3.8) is 0 Å². The zero-order valence-corrected chi connectivity index (χ0v) is 16.4. The van der Waals surface area contributed by atoms with Crippen molar-refractivity contribution in [1.29, 1.82) is 0 Å². The minimum Gasteiger partial charge on any atom is -0.382 e. The van der Waals surface area contributed by atoms with Crippen molar-refractivity contribution in [2.24, 2.45) is 5.73 Å². The highest BCUT2D eigenvalue weighted by atomic mass is 16.1. The van der Waals surface area contributed by atoms with Gasteiger partial charge in [0.15, 0.2) is 0 Å². The summed E-state index contributed by atoms with van der Waals surface area (Å²) >= 11 is 0. The summed E-state index contributed by atoms with van der Waals surface area (Å²) in [5.74, 6) is -0.250. The van der Waals surface area contributed by atoms with Gasteiger partial charge in [0.25, 0.3) is 0 Å². The molecule has 0 spiro atoms. The van der Waals surface area contributed by atoms with Gasteiger partial charge in [-0.2, -0.15) is 0 Å². The summed E-state index contributed by atoms with van der Waals surface area (Å²) in [4.78, 5) is 15.9. The first-order valence-electron chi connectivity index (χ1n) is 10.3. The molecular weight excluding hydrogens is 348 g/mol. The average molecular weight is 379 g/mol. The maximum Gasteiger partial charge on any atom is 0.231 e. The van der Waals surface area contributed by atoms with Gasteiger partial charge in [-0.15, -0.1) is 0 Å². The molecule has 5 nitrogen and oxygen atoms in total. The van der Waals surface area contributed by atoms with Crippen LogP contribution in [0.2, 0.25) is 0 Å². The van der Waals surface area contributed by atoms with E-state index in [1.54, 1.807) is 0 Å². The molecule has 0 aromatic heterocycles. The minimum absolute atomic E-state index is 0.250. The van der Waals surface area contributed by atoms with Gasteiger partial charge >= 0.3 is 0 Å². The van der Waals surface area contributed by atoms with Crippen LogP contribution in [-0.4, -0.2) is 47.9 Å². The molecule has 4 rings (SSSR count). The summed E-state index contributed by atoms with van der Waals surface area (Å²) in [5, 5.41) is 3.73. The van der Waals surface area contributed by atoms with Crippen molar-refractivity contribution >= 4 is 11.6 Å². The molecule has 0 atom stereocenters. The van der Waals surface area contributed by atoms with Gasteiger partial charge in [-0.05, 0) is 48.1 Å². The predicted octanol–water partition coefficient (Wildman–Crippen LogP) is 2.61. The third kappa shape index (κ3) is 4.91. The number of piperidine rings is 1. The second-order valence-electron chi connectivity index (χ2n) is 8.09. The quantitative estimate of drug-likeness (QED) is 0.811. The molecule has 2 aliphatic heterocycles. The Morgan fingerprint density at radius 3 is 2.54 bits per heavy atom. The number of nitrogens with two attached hydrogens (primary N) is 1. The molecule has 2 aromatic rings. The summed E-state index contributed by atoms with van der Waals surface area (Å²) in [6, 6.07) is 18.0. The second-order valence-corrected chi connectivity index (χ2v) is 8.09. The van der Waals surface area contributed by atoms with E-state index in [2.05, 4.69) is 63.6 Å². The first kappa shape index (κ1) is 19.0. The van der Waals surface area contributed by atoms with Crippen LogP contribution in [0.5, 0.6) is 0 Å². The van der Waals surface area contributed by atoms with Gasteiger partial charge in [-0.1, -0.05) is 36.4 Å². The topological polar surface area (TPSA) is 61.6 Å². The third-order valence-corrected chi connectivity index (χ3v) is 5.88. The lowest BCUT2D eigenvalue weighted by molar-refractivity contribution is -0.119. The zero-order chi connectivity index (χ0) is 19.3. The van der Waals surface area contributed by atoms with E-state index in [4.69, 9.17) is 5.73 Å². The Balaban J connectivity index is 1.30. The van der Waals surface area contributed by atoms with E-state index in [0.717, 1.165) is 52.0 Å².